The molecule has 1 aromatic heterocycles. The van der Waals surface area contributed by atoms with Crippen LogP contribution in [-0.4, -0.2) is 31.6 Å². The second-order valence-electron chi connectivity index (χ2n) is 4.58. The Hall–Kier alpha value is -1.24. The van der Waals surface area contributed by atoms with Crippen LogP contribution in [0.25, 0.3) is 5.69 Å². The average Bonchev–Trinajstić information content (AvgIpc) is 2.80. The smallest absolute Gasteiger partial charge is 0.313 e. The number of nitrogens with zero attached hydrogens (tertiary/aromatic N) is 3. The molecule has 1 N–H and O–H groups in total. The summed E-state index contributed by atoms with van der Waals surface area (Å²) in [5.41, 5.74) is 0.572. The third-order valence-corrected chi connectivity index (χ3v) is 4.18. The van der Waals surface area contributed by atoms with Gasteiger partial charge in [0.2, 0.25) is 0 Å². The summed E-state index contributed by atoms with van der Waals surface area (Å²) in [7, 11) is 0. The normalized spacial score (nSPS) is 11.1. The number of aliphatic carboxylic acids is 1. The second kappa shape index (κ2) is 6.68. The van der Waals surface area contributed by atoms with Gasteiger partial charge in [0, 0.05) is 5.92 Å². The van der Waals surface area contributed by atoms with E-state index in [0.29, 0.717) is 26.7 Å². The van der Waals surface area contributed by atoms with Crippen molar-refractivity contribution < 1.29 is 9.90 Å². The molecule has 8 heteroatoms. The van der Waals surface area contributed by atoms with E-state index < -0.39 is 5.97 Å². The number of hydrogen-bond acceptors (Lipinski definition) is 4. The molecule has 2 aromatic rings. The molecule has 21 heavy (non-hydrogen) atoms. The van der Waals surface area contributed by atoms with Crippen LogP contribution in [0.3, 0.4) is 0 Å². The Morgan fingerprint density at radius 1 is 1.33 bits per heavy atom. The predicted molar refractivity (Wildman–Crippen MR) is 83.8 cm³/mol. The molecule has 1 aromatic carbocycles. The van der Waals surface area contributed by atoms with E-state index in [2.05, 4.69) is 10.2 Å². The minimum absolute atomic E-state index is 0.0871. The van der Waals surface area contributed by atoms with E-state index in [1.54, 1.807) is 22.8 Å². The van der Waals surface area contributed by atoms with Crippen molar-refractivity contribution >= 4 is 40.9 Å². The zero-order chi connectivity index (χ0) is 15.6. The Morgan fingerprint density at radius 3 is 2.48 bits per heavy atom. The fourth-order valence-electron chi connectivity index (χ4n) is 1.79. The number of para-hydroxylation sites is 1. The third kappa shape index (κ3) is 3.51. The van der Waals surface area contributed by atoms with Crippen LogP contribution in [0.4, 0.5) is 0 Å². The maximum absolute atomic E-state index is 10.8. The topological polar surface area (TPSA) is 68.0 Å². The van der Waals surface area contributed by atoms with Gasteiger partial charge in [-0.1, -0.05) is 54.9 Å². The van der Waals surface area contributed by atoms with Crippen LogP contribution in [-0.2, 0) is 4.79 Å². The third-order valence-electron chi connectivity index (χ3n) is 2.66. The first-order valence-electron chi connectivity index (χ1n) is 6.16. The Labute approximate surface area is 136 Å². The highest BCUT2D eigenvalue weighted by molar-refractivity contribution is 7.99. The molecule has 0 spiro atoms. The number of halogens is 2. The van der Waals surface area contributed by atoms with E-state index >= 15 is 0 Å². The Kier molecular flexibility index (Phi) is 5.13. The van der Waals surface area contributed by atoms with Gasteiger partial charge in [-0.05, 0) is 12.1 Å². The molecule has 0 atom stereocenters. The lowest BCUT2D eigenvalue weighted by atomic mass is 10.2. The minimum Gasteiger partial charge on any atom is -0.481 e. The van der Waals surface area contributed by atoms with Gasteiger partial charge in [0.15, 0.2) is 5.16 Å². The number of aromatic nitrogens is 3. The molecule has 0 aliphatic rings. The molecule has 0 amide bonds. The van der Waals surface area contributed by atoms with Crippen LogP contribution in [0.1, 0.15) is 25.6 Å². The summed E-state index contributed by atoms with van der Waals surface area (Å²) in [6.07, 6.45) is 0. The highest BCUT2D eigenvalue weighted by Crippen LogP contribution is 2.34. The van der Waals surface area contributed by atoms with Crippen LogP contribution in [0.2, 0.25) is 10.0 Å². The maximum atomic E-state index is 10.8. The summed E-state index contributed by atoms with van der Waals surface area (Å²) in [6, 6.07) is 5.19. The fourth-order valence-corrected chi connectivity index (χ4v) is 3.02. The number of carboxylic acids is 1. The van der Waals surface area contributed by atoms with Gasteiger partial charge in [0.1, 0.15) is 5.82 Å². The first-order chi connectivity index (χ1) is 9.91. The van der Waals surface area contributed by atoms with Crippen LogP contribution in [0, 0.1) is 0 Å². The Bertz CT molecular complexity index is 653. The van der Waals surface area contributed by atoms with E-state index in [9.17, 15) is 4.79 Å². The first-order valence-corrected chi connectivity index (χ1v) is 7.90. The number of benzene rings is 1. The van der Waals surface area contributed by atoms with Gasteiger partial charge in [-0.2, -0.15) is 0 Å². The maximum Gasteiger partial charge on any atom is 0.313 e. The molecule has 0 unspecified atom stereocenters. The highest BCUT2D eigenvalue weighted by atomic mass is 35.5. The van der Waals surface area contributed by atoms with Crippen molar-refractivity contribution in [3.63, 3.8) is 0 Å². The lowest BCUT2D eigenvalue weighted by Crippen LogP contribution is -2.07. The molecule has 0 radical (unpaired) electrons. The largest absolute Gasteiger partial charge is 0.481 e. The molecule has 0 fully saturated rings. The molecule has 112 valence electrons. The van der Waals surface area contributed by atoms with Gasteiger partial charge in [0.05, 0.1) is 21.5 Å². The Morgan fingerprint density at radius 2 is 1.95 bits per heavy atom. The summed E-state index contributed by atoms with van der Waals surface area (Å²) in [5, 5.41) is 18.4. The molecule has 0 bridgehead atoms. The van der Waals surface area contributed by atoms with Crippen molar-refractivity contribution in [1.29, 1.82) is 0 Å². The molecule has 0 aliphatic carbocycles. The van der Waals surface area contributed by atoms with E-state index in [0.717, 1.165) is 11.8 Å². The summed E-state index contributed by atoms with van der Waals surface area (Å²) < 4.78 is 1.73. The van der Waals surface area contributed by atoms with E-state index in [4.69, 9.17) is 28.3 Å². The van der Waals surface area contributed by atoms with Crippen LogP contribution in [0.5, 0.6) is 0 Å². The molecule has 0 aliphatic heterocycles. The van der Waals surface area contributed by atoms with Crippen molar-refractivity contribution in [3.05, 3.63) is 34.1 Å². The van der Waals surface area contributed by atoms with Crippen LogP contribution in [0.15, 0.2) is 23.4 Å². The summed E-state index contributed by atoms with van der Waals surface area (Å²) in [5.74, 6) is -0.272. The van der Waals surface area contributed by atoms with Crippen molar-refractivity contribution in [1.82, 2.24) is 14.8 Å². The predicted octanol–water partition coefficient (Wildman–Crippen LogP) is 3.87. The lowest BCUT2D eigenvalue weighted by molar-refractivity contribution is -0.133. The van der Waals surface area contributed by atoms with E-state index in [1.165, 1.54) is 0 Å². The van der Waals surface area contributed by atoms with E-state index in [1.807, 2.05) is 13.8 Å². The molecule has 0 saturated carbocycles. The molecule has 1 heterocycles. The SMILES string of the molecule is CC(C)c1nnc(SCC(=O)O)n1-c1c(Cl)cccc1Cl. The number of rotatable bonds is 5. The highest BCUT2D eigenvalue weighted by Gasteiger charge is 2.21. The fraction of sp³-hybridized carbons (Fsp3) is 0.308. The van der Waals surface area contributed by atoms with Crippen molar-refractivity contribution in [3.8, 4) is 5.69 Å². The summed E-state index contributed by atoms with van der Waals surface area (Å²) >= 11 is 13.6. The monoisotopic (exact) mass is 345 g/mol. The molecular weight excluding hydrogens is 333 g/mol. The number of carbonyl (C=O) groups is 1. The molecule has 0 saturated heterocycles. The van der Waals surface area contributed by atoms with Crippen LogP contribution >= 0.6 is 35.0 Å². The standard InChI is InChI=1S/C13H13Cl2N3O2S/c1-7(2)12-16-17-13(21-6-10(19)20)18(12)11-8(14)4-3-5-9(11)15/h3-5,7H,6H2,1-2H3,(H,19,20). The van der Waals surface area contributed by atoms with Crippen molar-refractivity contribution in [2.24, 2.45) is 0 Å². The van der Waals surface area contributed by atoms with Crippen molar-refractivity contribution in [2.75, 3.05) is 5.75 Å². The zero-order valence-corrected chi connectivity index (χ0v) is 13.7. The van der Waals surface area contributed by atoms with Gasteiger partial charge in [-0.3, -0.25) is 9.36 Å². The Balaban J connectivity index is 2.58. The summed E-state index contributed by atoms with van der Waals surface area (Å²) in [6.45, 7) is 3.94. The van der Waals surface area contributed by atoms with Gasteiger partial charge in [0.25, 0.3) is 0 Å². The molecule has 5 nitrogen and oxygen atoms in total. The summed E-state index contributed by atoms with van der Waals surface area (Å²) in [4.78, 5) is 10.8. The van der Waals surface area contributed by atoms with Crippen molar-refractivity contribution in [2.45, 2.75) is 24.9 Å². The number of carboxylic acid groups (broad SMARTS) is 1. The quantitative estimate of drug-likeness (QED) is 0.833. The van der Waals surface area contributed by atoms with Gasteiger partial charge in [-0.15, -0.1) is 10.2 Å². The molecule has 2 rings (SSSR count). The zero-order valence-electron chi connectivity index (χ0n) is 11.4. The first kappa shape index (κ1) is 16.1. The van der Waals surface area contributed by atoms with Gasteiger partial charge >= 0.3 is 5.97 Å². The van der Waals surface area contributed by atoms with Gasteiger partial charge in [-0.25, -0.2) is 0 Å². The van der Waals surface area contributed by atoms with E-state index in [-0.39, 0.29) is 11.7 Å². The van der Waals surface area contributed by atoms with Gasteiger partial charge < -0.3 is 5.11 Å². The molecular formula is C13H13Cl2N3O2S. The number of hydrogen-bond donors (Lipinski definition) is 1. The average molecular weight is 346 g/mol. The second-order valence-corrected chi connectivity index (χ2v) is 6.34. The minimum atomic E-state index is -0.925. The number of thioether (sulfide) groups is 1. The lowest BCUT2D eigenvalue weighted by Gasteiger charge is -2.14. The van der Waals surface area contributed by atoms with Crippen LogP contribution < -0.4 is 0 Å².